The van der Waals surface area contributed by atoms with Crippen LogP contribution in [-0.2, 0) is 7.05 Å². The van der Waals surface area contributed by atoms with Gasteiger partial charge in [-0.05, 0) is 29.5 Å². The van der Waals surface area contributed by atoms with Crippen LogP contribution in [-0.4, -0.2) is 15.6 Å². The molecule has 0 bridgehead atoms. The molecule has 0 aliphatic carbocycles. The Balaban J connectivity index is 3.34. The highest BCUT2D eigenvalue weighted by molar-refractivity contribution is 14.1. The number of aromatic nitrogens is 2. The molecule has 0 amide bonds. The van der Waals surface area contributed by atoms with Gasteiger partial charge in [-0.2, -0.15) is 5.10 Å². The molecule has 0 radical (unpaired) electrons. The van der Waals surface area contributed by atoms with Gasteiger partial charge in [-0.15, -0.1) is 0 Å². The van der Waals surface area contributed by atoms with E-state index in [1.807, 2.05) is 6.92 Å². The molecule has 1 aromatic rings. The summed E-state index contributed by atoms with van der Waals surface area (Å²) in [6.07, 6.45) is 0. The van der Waals surface area contributed by atoms with Crippen LogP contribution in [0.3, 0.4) is 0 Å². The van der Waals surface area contributed by atoms with E-state index in [2.05, 4.69) is 27.7 Å². The van der Waals surface area contributed by atoms with E-state index < -0.39 is 0 Å². The molecule has 3 nitrogen and oxygen atoms in total. The minimum absolute atomic E-state index is 0.0671. The highest BCUT2D eigenvalue weighted by Crippen LogP contribution is 2.15. The SMILES string of the molecule is CC(=O)c1c(I)c(C)nn1C. The van der Waals surface area contributed by atoms with Crippen molar-refractivity contribution in [2.45, 2.75) is 13.8 Å². The van der Waals surface area contributed by atoms with E-state index >= 15 is 0 Å². The van der Waals surface area contributed by atoms with E-state index in [0.717, 1.165) is 9.26 Å². The Labute approximate surface area is 78.9 Å². The smallest absolute Gasteiger partial charge is 0.178 e. The second-order valence-corrected chi connectivity index (χ2v) is 3.51. The lowest BCUT2D eigenvalue weighted by Gasteiger charge is -1.94. The van der Waals surface area contributed by atoms with Gasteiger partial charge in [0.15, 0.2) is 5.78 Å². The van der Waals surface area contributed by atoms with Crippen LogP contribution in [0.2, 0.25) is 0 Å². The number of halogens is 1. The van der Waals surface area contributed by atoms with Crippen molar-refractivity contribution in [2.24, 2.45) is 7.05 Å². The molecule has 1 rings (SSSR count). The first-order valence-electron chi connectivity index (χ1n) is 3.24. The summed E-state index contributed by atoms with van der Waals surface area (Å²) in [5, 5.41) is 4.12. The van der Waals surface area contributed by atoms with Crippen molar-refractivity contribution in [2.75, 3.05) is 0 Å². The average molecular weight is 264 g/mol. The van der Waals surface area contributed by atoms with Gasteiger partial charge in [0.2, 0.25) is 0 Å². The third kappa shape index (κ3) is 1.45. The summed E-state index contributed by atoms with van der Waals surface area (Å²) in [6, 6.07) is 0. The number of hydrogen-bond acceptors (Lipinski definition) is 2. The Hall–Kier alpha value is -0.390. The molecule has 4 heteroatoms. The second-order valence-electron chi connectivity index (χ2n) is 2.43. The average Bonchev–Trinajstić information content (AvgIpc) is 2.07. The number of rotatable bonds is 1. The molecule has 11 heavy (non-hydrogen) atoms. The van der Waals surface area contributed by atoms with E-state index in [-0.39, 0.29) is 5.78 Å². The lowest BCUT2D eigenvalue weighted by atomic mass is 10.3. The number of hydrogen-bond donors (Lipinski definition) is 0. The van der Waals surface area contributed by atoms with Crippen LogP contribution in [0.25, 0.3) is 0 Å². The topological polar surface area (TPSA) is 34.9 Å². The molecule has 0 saturated heterocycles. The van der Waals surface area contributed by atoms with E-state index in [9.17, 15) is 4.79 Å². The van der Waals surface area contributed by atoms with Crippen LogP contribution in [0, 0.1) is 10.5 Å². The largest absolute Gasteiger partial charge is 0.293 e. The predicted octanol–water partition coefficient (Wildman–Crippen LogP) is 1.54. The van der Waals surface area contributed by atoms with Crippen LogP contribution >= 0.6 is 22.6 Å². The molecule has 0 spiro atoms. The Kier molecular flexibility index (Phi) is 2.31. The van der Waals surface area contributed by atoms with Gasteiger partial charge in [0.25, 0.3) is 0 Å². The fourth-order valence-corrected chi connectivity index (χ4v) is 1.85. The van der Waals surface area contributed by atoms with Crippen molar-refractivity contribution in [3.63, 3.8) is 0 Å². The molecule has 0 aromatic carbocycles. The molecule has 60 valence electrons. The second kappa shape index (κ2) is 2.92. The van der Waals surface area contributed by atoms with Gasteiger partial charge in [0, 0.05) is 14.0 Å². The Morgan fingerprint density at radius 3 is 2.36 bits per heavy atom. The van der Waals surface area contributed by atoms with Crippen LogP contribution in [0.5, 0.6) is 0 Å². The first kappa shape index (κ1) is 8.70. The maximum atomic E-state index is 11.0. The molecule has 0 aliphatic heterocycles. The fourth-order valence-electron chi connectivity index (χ4n) is 1.01. The first-order chi connectivity index (χ1) is 5.04. The molecular weight excluding hydrogens is 255 g/mol. The van der Waals surface area contributed by atoms with Gasteiger partial charge in [-0.3, -0.25) is 9.48 Å². The number of ketones is 1. The maximum absolute atomic E-state index is 11.0. The summed E-state index contributed by atoms with van der Waals surface area (Å²) in [7, 11) is 1.78. The van der Waals surface area contributed by atoms with E-state index in [1.54, 1.807) is 18.7 Å². The summed E-state index contributed by atoms with van der Waals surface area (Å²) in [5.74, 6) is 0.0671. The lowest BCUT2D eigenvalue weighted by molar-refractivity contribution is 0.100. The van der Waals surface area contributed by atoms with Gasteiger partial charge >= 0.3 is 0 Å². The molecule has 0 aliphatic rings. The van der Waals surface area contributed by atoms with Crippen molar-refractivity contribution in [3.8, 4) is 0 Å². The molecule has 0 unspecified atom stereocenters. The summed E-state index contributed by atoms with van der Waals surface area (Å²) in [6.45, 7) is 3.45. The Morgan fingerprint density at radius 2 is 2.18 bits per heavy atom. The zero-order chi connectivity index (χ0) is 8.59. The molecule has 0 N–H and O–H groups in total. The standard InChI is InChI=1S/C7H9IN2O/c1-4-6(8)7(5(2)11)10(3)9-4/h1-3H3. The maximum Gasteiger partial charge on any atom is 0.178 e. The minimum Gasteiger partial charge on any atom is -0.293 e. The van der Waals surface area contributed by atoms with Gasteiger partial charge in [0.1, 0.15) is 5.69 Å². The molecule has 0 fully saturated rings. The summed E-state index contributed by atoms with van der Waals surface area (Å²) < 4.78 is 2.58. The van der Waals surface area contributed by atoms with Crippen LogP contribution in [0.15, 0.2) is 0 Å². The quantitative estimate of drug-likeness (QED) is 0.569. The minimum atomic E-state index is 0.0671. The number of Topliss-reactive ketones (excluding diaryl/α,β-unsaturated/α-hetero) is 1. The third-order valence-electron chi connectivity index (χ3n) is 1.48. The number of carbonyl (C=O) groups excluding carboxylic acids is 1. The van der Waals surface area contributed by atoms with Gasteiger partial charge in [-0.25, -0.2) is 0 Å². The zero-order valence-corrected chi connectivity index (χ0v) is 8.84. The predicted molar refractivity (Wildman–Crippen MR) is 50.7 cm³/mol. The molecule has 0 saturated carbocycles. The summed E-state index contributed by atoms with van der Waals surface area (Å²) in [4.78, 5) is 11.0. The zero-order valence-electron chi connectivity index (χ0n) is 6.68. The molecule has 1 heterocycles. The highest BCUT2D eigenvalue weighted by Gasteiger charge is 2.13. The van der Waals surface area contributed by atoms with E-state index in [4.69, 9.17) is 0 Å². The highest BCUT2D eigenvalue weighted by atomic mass is 127. The van der Waals surface area contributed by atoms with Crippen molar-refractivity contribution < 1.29 is 4.79 Å². The van der Waals surface area contributed by atoms with Gasteiger partial charge in [-0.1, -0.05) is 0 Å². The number of nitrogens with zero attached hydrogens (tertiary/aromatic N) is 2. The summed E-state index contributed by atoms with van der Waals surface area (Å²) >= 11 is 2.14. The monoisotopic (exact) mass is 264 g/mol. The number of carbonyl (C=O) groups is 1. The van der Waals surface area contributed by atoms with Crippen LogP contribution in [0.4, 0.5) is 0 Å². The van der Waals surface area contributed by atoms with E-state index in [1.165, 1.54) is 0 Å². The Morgan fingerprint density at radius 1 is 1.64 bits per heavy atom. The fraction of sp³-hybridized carbons (Fsp3) is 0.429. The van der Waals surface area contributed by atoms with E-state index in [0.29, 0.717) is 5.69 Å². The van der Waals surface area contributed by atoms with Crippen molar-refractivity contribution >= 4 is 28.4 Å². The van der Waals surface area contributed by atoms with Crippen molar-refractivity contribution in [1.82, 2.24) is 9.78 Å². The third-order valence-corrected chi connectivity index (χ3v) is 2.77. The lowest BCUT2D eigenvalue weighted by Crippen LogP contribution is -2.03. The van der Waals surface area contributed by atoms with Crippen LogP contribution < -0.4 is 0 Å². The normalized spacial score (nSPS) is 10.2. The van der Waals surface area contributed by atoms with Crippen LogP contribution in [0.1, 0.15) is 23.1 Å². The van der Waals surface area contributed by atoms with Gasteiger partial charge < -0.3 is 0 Å². The first-order valence-corrected chi connectivity index (χ1v) is 4.32. The number of aryl methyl sites for hydroxylation is 2. The van der Waals surface area contributed by atoms with Gasteiger partial charge in [0.05, 0.1) is 9.26 Å². The summed E-state index contributed by atoms with van der Waals surface area (Å²) in [5.41, 5.74) is 1.61. The molecule has 1 aromatic heterocycles. The molecular formula is C7H9IN2O. The Bertz CT molecular complexity index is 304. The van der Waals surface area contributed by atoms with Crippen molar-refractivity contribution in [3.05, 3.63) is 15.0 Å². The van der Waals surface area contributed by atoms with Crippen molar-refractivity contribution in [1.29, 1.82) is 0 Å². The molecule has 0 atom stereocenters.